The van der Waals surface area contributed by atoms with Gasteiger partial charge in [0.15, 0.2) is 5.69 Å². The lowest BCUT2D eigenvalue weighted by atomic mass is 9.98. The topological polar surface area (TPSA) is 135 Å². The largest absolute Gasteiger partial charge is 0.494 e. The van der Waals surface area contributed by atoms with Gasteiger partial charge in [0, 0.05) is 18.7 Å². The number of aliphatic hydroxyl groups excluding tert-OH is 1. The van der Waals surface area contributed by atoms with Gasteiger partial charge >= 0.3 is 11.5 Å². The zero-order valence-electron chi connectivity index (χ0n) is 14.2. The van der Waals surface area contributed by atoms with Gasteiger partial charge in [-0.3, -0.25) is 14.8 Å². The van der Waals surface area contributed by atoms with Crippen LogP contribution in [0.3, 0.4) is 0 Å². The molecular formula is C16H19N4O5S+. The first-order valence-electron chi connectivity index (χ1n) is 7.87. The fourth-order valence-corrected chi connectivity index (χ4v) is 3.90. The maximum absolute atomic E-state index is 12.5. The fourth-order valence-electron chi connectivity index (χ4n) is 3.07. The maximum atomic E-state index is 12.5. The van der Waals surface area contributed by atoms with Gasteiger partial charge < -0.3 is 15.4 Å². The molecule has 3 aromatic rings. The summed E-state index contributed by atoms with van der Waals surface area (Å²) in [7, 11) is 0. The second-order valence-electron chi connectivity index (χ2n) is 5.84. The van der Waals surface area contributed by atoms with Gasteiger partial charge in [-0.15, -0.1) is 11.3 Å². The number of hydrogen-bond acceptors (Lipinski definition) is 6. The van der Waals surface area contributed by atoms with E-state index < -0.39 is 23.0 Å². The number of hydrogen-bond donors (Lipinski definition) is 5. The number of nitrogens with zero attached hydrogens (tertiary/aromatic N) is 2. The monoisotopic (exact) mass is 379 g/mol. The van der Waals surface area contributed by atoms with Crippen LogP contribution in [0, 0.1) is 13.8 Å². The molecule has 1 atom stereocenters. The molecule has 3 aromatic heterocycles. The number of thiophene rings is 1. The molecule has 0 aliphatic rings. The van der Waals surface area contributed by atoms with Crippen molar-refractivity contribution < 1.29 is 20.0 Å². The van der Waals surface area contributed by atoms with Crippen molar-refractivity contribution in [2.24, 2.45) is 0 Å². The lowest BCUT2D eigenvalue weighted by Gasteiger charge is -2.14. The molecule has 1 unspecified atom stereocenters. The number of aliphatic hydroxyl groups is 1. The molecule has 0 spiro atoms. The smallest absolute Gasteiger partial charge is 0.328 e. The third-order valence-corrected chi connectivity index (χ3v) is 5.33. The van der Waals surface area contributed by atoms with Crippen molar-refractivity contribution in [3.8, 4) is 5.88 Å². The summed E-state index contributed by atoms with van der Waals surface area (Å²) in [5.41, 5.74) is -0.423. The highest BCUT2D eigenvalue weighted by molar-refractivity contribution is 7.10. The minimum atomic E-state index is -0.848. The summed E-state index contributed by atoms with van der Waals surface area (Å²) >= 11 is 1.34. The Kier molecular flexibility index (Phi) is 4.70. The van der Waals surface area contributed by atoms with Crippen LogP contribution >= 0.6 is 11.3 Å². The van der Waals surface area contributed by atoms with Crippen molar-refractivity contribution in [2.45, 2.75) is 26.3 Å². The average Bonchev–Trinajstić information content (AvgIpc) is 3.17. The Hall–Kier alpha value is -2.85. The van der Waals surface area contributed by atoms with E-state index in [1.54, 1.807) is 35.9 Å². The van der Waals surface area contributed by atoms with Crippen molar-refractivity contribution in [1.82, 2.24) is 14.7 Å². The highest BCUT2D eigenvalue weighted by Crippen LogP contribution is 2.35. The summed E-state index contributed by atoms with van der Waals surface area (Å²) in [4.78, 5) is 28.9. The predicted molar refractivity (Wildman–Crippen MR) is 93.0 cm³/mol. The van der Waals surface area contributed by atoms with Crippen LogP contribution in [0.5, 0.6) is 5.88 Å². The number of aromatic hydroxyl groups is 1. The van der Waals surface area contributed by atoms with E-state index in [1.807, 2.05) is 0 Å². The maximum Gasteiger partial charge on any atom is 0.328 e. The molecule has 0 saturated heterocycles. The van der Waals surface area contributed by atoms with Gasteiger partial charge in [-0.2, -0.15) is 0 Å². The number of H-pyrrole nitrogens is 2. The summed E-state index contributed by atoms with van der Waals surface area (Å²) in [6.07, 6.45) is 0. The molecule has 0 bridgehead atoms. The first kappa shape index (κ1) is 18.0. The van der Waals surface area contributed by atoms with Crippen LogP contribution in [-0.4, -0.2) is 36.7 Å². The summed E-state index contributed by atoms with van der Waals surface area (Å²) < 4.78 is 2.63. The minimum Gasteiger partial charge on any atom is -0.494 e. The summed E-state index contributed by atoms with van der Waals surface area (Å²) in [5.74, 6) is -1.12. The Morgan fingerprint density at radius 3 is 2.62 bits per heavy atom. The molecule has 0 aromatic carbocycles. The van der Waals surface area contributed by atoms with Crippen LogP contribution in [0.4, 0.5) is 0 Å². The van der Waals surface area contributed by atoms with Gasteiger partial charge in [0.1, 0.15) is 18.2 Å². The van der Waals surface area contributed by atoms with Crippen LogP contribution in [0.25, 0.3) is 0 Å². The van der Waals surface area contributed by atoms with Gasteiger partial charge in [0.25, 0.3) is 5.56 Å². The van der Waals surface area contributed by atoms with Gasteiger partial charge in [0.05, 0.1) is 12.2 Å². The van der Waals surface area contributed by atoms with E-state index in [9.17, 15) is 25.0 Å². The molecule has 138 valence electrons. The molecule has 10 heteroatoms. The number of aromatic amines is 2. The molecule has 0 aliphatic heterocycles. The Bertz CT molecular complexity index is 1050. The first-order valence-corrected chi connectivity index (χ1v) is 8.75. The molecule has 3 heterocycles. The number of nitrogens with one attached hydrogen (secondary N) is 2. The molecular weight excluding hydrogens is 360 g/mol. The zero-order chi connectivity index (χ0) is 19.0. The van der Waals surface area contributed by atoms with Gasteiger partial charge in [-0.1, -0.05) is 6.07 Å². The van der Waals surface area contributed by atoms with Crippen LogP contribution in [0.15, 0.2) is 27.1 Å². The second-order valence-corrected chi connectivity index (χ2v) is 6.81. The van der Waals surface area contributed by atoms with E-state index in [4.69, 9.17) is 0 Å². The third-order valence-electron chi connectivity index (χ3n) is 4.40. The fraction of sp³-hybridized carbons (Fsp3) is 0.312. The summed E-state index contributed by atoms with van der Waals surface area (Å²) in [6.45, 7) is 3.51. The highest BCUT2D eigenvalue weighted by Gasteiger charge is 2.38. The highest BCUT2D eigenvalue weighted by atomic mass is 32.1. The van der Waals surface area contributed by atoms with E-state index in [-0.39, 0.29) is 18.7 Å². The third kappa shape index (κ3) is 2.82. The molecule has 0 saturated carbocycles. The van der Waals surface area contributed by atoms with Gasteiger partial charge in [-0.05, 0) is 16.2 Å². The number of aromatic nitrogens is 4. The Morgan fingerprint density at radius 1 is 1.31 bits per heavy atom. The predicted octanol–water partition coefficient (Wildman–Crippen LogP) is -0.0541. The Labute approximate surface area is 151 Å². The molecule has 0 amide bonds. The molecule has 0 fully saturated rings. The normalized spacial score (nSPS) is 12.4. The van der Waals surface area contributed by atoms with Crippen LogP contribution < -0.4 is 15.8 Å². The Morgan fingerprint density at radius 2 is 2.04 bits per heavy atom. The standard InChI is InChI=1S/C16H18N4O5S/c1-8-9(2)20(25)15(19(8)5-6-21)11(10-4-3-7-26-10)12-13(22)17-16(24)18-14(12)23/h3-4,7,11,21H,5-6H2,1-2H3,(H3-,17,18,22,23,24,25)/p+1. The summed E-state index contributed by atoms with van der Waals surface area (Å²) in [6, 6.07) is 3.55. The Balaban J connectivity index is 2.38. The van der Waals surface area contributed by atoms with E-state index in [0.717, 1.165) is 4.73 Å². The molecule has 0 radical (unpaired) electrons. The van der Waals surface area contributed by atoms with Crippen LogP contribution in [0.2, 0.25) is 0 Å². The number of rotatable bonds is 5. The molecule has 9 nitrogen and oxygen atoms in total. The van der Waals surface area contributed by atoms with Gasteiger partial charge in [-0.25, -0.2) is 9.36 Å². The van der Waals surface area contributed by atoms with Crippen molar-refractivity contribution in [3.63, 3.8) is 0 Å². The zero-order valence-corrected chi connectivity index (χ0v) is 15.0. The van der Waals surface area contributed by atoms with Crippen LogP contribution in [0.1, 0.15) is 33.6 Å². The van der Waals surface area contributed by atoms with E-state index >= 15 is 0 Å². The molecule has 26 heavy (non-hydrogen) atoms. The first-order chi connectivity index (χ1) is 12.4. The van der Waals surface area contributed by atoms with E-state index in [1.165, 1.54) is 11.3 Å². The lowest BCUT2D eigenvalue weighted by Crippen LogP contribution is -2.44. The number of imidazole rings is 1. The molecule has 5 N–H and O–H groups in total. The van der Waals surface area contributed by atoms with Crippen molar-refractivity contribution >= 4 is 11.3 Å². The second kappa shape index (κ2) is 6.81. The van der Waals surface area contributed by atoms with Crippen molar-refractivity contribution in [1.29, 1.82) is 0 Å². The average molecular weight is 379 g/mol. The van der Waals surface area contributed by atoms with Crippen molar-refractivity contribution in [3.05, 3.63) is 66.0 Å². The van der Waals surface area contributed by atoms with Crippen molar-refractivity contribution in [2.75, 3.05) is 6.61 Å². The van der Waals surface area contributed by atoms with Crippen LogP contribution in [-0.2, 0) is 6.54 Å². The molecule has 0 aliphatic carbocycles. The quantitative estimate of drug-likeness (QED) is 0.313. The minimum absolute atomic E-state index is 0.0912. The van der Waals surface area contributed by atoms with Gasteiger partial charge in [0.2, 0.25) is 5.88 Å². The van der Waals surface area contributed by atoms with E-state index in [2.05, 4.69) is 9.97 Å². The SMILES string of the molecule is Cc1c(C)[n+](CCO)c(C(c2cccs2)c2c(O)[nH]c(=O)[nH]c2=O)n1O. The lowest BCUT2D eigenvalue weighted by molar-refractivity contribution is -0.712. The molecule has 3 rings (SSSR count). The summed E-state index contributed by atoms with van der Waals surface area (Å²) in [5, 5.41) is 32.1. The van der Waals surface area contributed by atoms with E-state index in [0.29, 0.717) is 22.1 Å².